The number of rotatable bonds is 5. The van der Waals surface area contributed by atoms with Gasteiger partial charge in [-0.2, -0.15) is 9.97 Å². The minimum Gasteiger partial charge on any atom is -0.350 e. The molecular formula is C19H25Cl2N7. The molecule has 0 bridgehead atoms. The molecule has 0 aliphatic heterocycles. The fourth-order valence-electron chi connectivity index (χ4n) is 3.53. The Balaban J connectivity index is 0.00000225. The van der Waals surface area contributed by atoms with Gasteiger partial charge in [-0.1, -0.05) is 30.5 Å². The second-order valence-corrected chi connectivity index (χ2v) is 7.37. The van der Waals surface area contributed by atoms with Gasteiger partial charge in [-0.3, -0.25) is 0 Å². The molecule has 1 saturated carbocycles. The van der Waals surface area contributed by atoms with Gasteiger partial charge in [-0.25, -0.2) is 4.98 Å². The highest BCUT2D eigenvalue weighted by molar-refractivity contribution is 6.30. The molecule has 1 aliphatic rings. The van der Waals surface area contributed by atoms with E-state index in [-0.39, 0.29) is 24.5 Å². The predicted octanol–water partition coefficient (Wildman–Crippen LogP) is 4.35. The molecule has 0 saturated heterocycles. The third-order valence-corrected chi connectivity index (χ3v) is 5.26. The number of anilines is 3. The van der Waals surface area contributed by atoms with Crippen molar-refractivity contribution in [2.75, 3.05) is 10.6 Å². The SMILES string of the molecule is CCn1cnc2c(Nc3cccc(Cl)c3)nc(N[C@H]3CCCC[C@H]3N)nc21.Cl. The van der Waals surface area contributed by atoms with Crippen molar-refractivity contribution in [3.05, 3.63) is 35.6 Å². The summed E-state index contributed by atoms with van der Waals surface area (Å²) in [7, 11) is 0. The van der Waals surface area contributed by atoms with Crippen molar-refractivity contribution in [1.82, 2.24) is 19.5 Å². The molecule has 4 N–H and O–H groups in total. The van der Waals surface area contributed by atoms with Crippen molar-refractivity contribution in [2.24, 2.45) is 5.73 Å². The molecule has 0 unspecified atom stereocenters. The van der Waals surface area contributed by atoms with E-state index in [9.17, 15) is 0 Å². The van der Waals surface area contributed by atoms with Gasteiger partial charge in [0.25, 0.3) is 0 Å². The number of hydrogen-bond donors (Lipinski definition) is 3. The van der Waals surface area contributed by atoms with Gasteiger partial charge >= 0.3 is 0 Å². The first-order chi connectivity index (χ1) is 13.1. The number of halogens is 2. The van der Waals surface area contributed by atoms with Crippen molar-refractivity contribution >= 4 is 52.6 Å². The van der Waals surface area contributed by atoms with Crippen LogP contribution in [0.5, 0.6) is 0 Å². The Kier molecular flexibility index (Phi) is 6.59. The molecule has 1 aliphatic carbocycles. The summed E-state index contributed by atoms with van der Waals surface area (Å²) in [5, 5.41) is 7.44. The van der Waals surface area contributed by atoms with Gasteiger partial charge in [0.05, 0.1) is 6.33 Å². The number of nitrogens with two attached hydrogens (primary N) is 1. The summed E-state index contributed by atoms with van der Waals surface area (Å²) in [5.41, 5.74) is 8.67. The molecule has 28 heavy (non-hydrogen) atoms. The maximum Gasteiger partial charge on any atom is 0.227 e. The molecule has 4 rings (SSSR count). The second-order valence-electron chi connectivity index (χ2n) is 6.93. The number of aryl methyl sites for hydroxylation is 1. The van der Waals surface area contributed by atoms with Crippen molar-refractivity contribution in [1.29, 1.82) is 0 Å². The summed E-state index contributed by atoms with van der Waals surface area (Å²) in [6.45, 7) is 2.85. The number of imidazole rings is 1. The quantitative estimate of drug-likeness (QED) is 0.566. The molecule has 2 aromatic heterocycles. The lowest BCUT2D eigenvalue weighted by molar-refractivity contribution is 0.402. The van der Waals surface area contributed by atoms with Gasteiger partial charge in [-0.15, -0.1) is 12.4 Å². The zero-order valence-corrected chi connectivity index (χ0v) is 17.3. The average molecular weight is 422 g/mol. The molecule has 0 spiro atoms. The van der Waals surface area contributed by atoms with Crippen LogP contribution in [0.3, 0.4) is 0 Å². The van der Waals surface area contributed by atoms with E-state index in [2.05, 4.69) is 22.5 Å². The van der Waals surface area contributed by atoms with Crippen LogP contribution in [0.25, 0.3) is 11.2 Å². The summed E-state index contributed by atoms with van der Waals surface area (Å²) in [6.07, 6.45) is 6.21. The number of nitrogens with zero attached hydrogens (tertiary/aromatic N) is 4. The maximum absolute atomic E-state index is 6.29. The monoisotopic (exact) mass is 421 g/mol. The Morgan fingerprint density at radius 1 is 1.25 bits per heavy atom. The highest BCUT2D eigenvalue weighted by Gasteiger charge is 2.23. The number of nitrogens with one attached hydrogen (secondary N) is 2. The normalized spacial score (nSPS) is 19.2. The van der Waals surface area contributed by atoms with E-state index >= 15 is 0 Å². The third kappa shape index (κ3) is 4.32. The molecule has 2 heterocycles. The molecule has 2 atom stereocenters. The van der Waals surface area contributed by atoms with E-state index in [0.29, 0.717) is 16.8 Å². The van der Waals surface area contributed by atoms with E-state index in [1.54, 1.807) is 6.33 Å². The fraction of sp³-hybridized carbons (Fsp3) is 0.421. The number of hydrogen-bond acceptors (Lipinski definition) is 6. The summed E-state index contributed by atoms with van der Waals surface area (Å²) >= 11 is 6.11. The second kappa shape index (κ2) is 8.94. The lowest BCUT2D eigenvalue weighted by Crippen LogP contribution is -2.43. The highest BCUT2D eigenvalue weighted by atomic mass is 35.5. The van der Waals surface area contributed by atoms with Crippen molar-refractivity contribution in [2.45, 2.75) is 51.2 Å². The maximum atomic E-state index is 6.29. The van der Waals surface area contributed by atoms with Crippen molar-refractivity contribution < 1.29 is 0 Å². The molecule has 0 radical (unpaired) electrons. The Hall–Kier alpha value is -2.09. The molecule has 0 amide bonds. The van der Waals surface area contributed by atoms with Crippen LogP contribution in [0.4, 0.5) is 17.5 Å². The van der Waals surface area contributed by atoms with E-state index in [1.165, 1.54) is 12.8 Å². The van der Waals surface area contributed by atoms with Crippen molar-refractivity contribution in [3.8, 4) is 0 Å². The van der Waals surface area contributed by atoms with E-state index in [0.717, 1.165) is 36.2 Å². The van der Waals surface area contributed by atoms with Crippen LogP contribution in [0.15, 0.2) is 30.6 Å². The molecular weight excluding hydrogens is 397 g/mol. The lowest BCUT2D eigenvalue weighted by atomic mass is 9.91. The van der Waals surface area contributed by atoms with Crippen molar-refractivity contribution in [3.63, 3.8) is 0 Å². The zero-order chi connectivity index (χ0) is 18.8. The lowest BCUT2D eigenvalue weighted by Gasteiger charge is -2.29. The molecule has 1 aromatic carbocycles. The fourth-order valence-corrected chi connectivity index (χ4v) is 3.73. The standard InChI is InChI=1S/C19H24ClN7.ClH/c1-2-27-11-22-16-17(23-13-7-5-6-12(20)10-13)25-19(26-18(16)27)24-15-9-4-3-8-14(15)21;/h5-7,10-11,14-15H,2-4,8-9,21H2,1H3,(H2,23,24,25,26);1H/t14-,15+;/m1./s1. The van der Waals surface area contributed by atoms with Gasteiger partial charge in [0.1, 0.15) is 0 Å². The molecule has 9 heteroatoms. The Labute approximate surface area is 175 Å². The van der Waals surface area contributed by atoms with Crippen LogP contribution < -0.4 is 16.4 Å². The van der Waals surface area contributed by atoms with Gasteiger partial charge in [0.2, 0.25) is 5.95 Å². The average Bonchev–Trinajstić information content (AvgIpc) is 3.07. The van der Waals surface area contributed by atoms with Crippen LogP contribution in [-0.4, -0.2) is 31.6 Å². The van der Waals surface area contributed by atoms with Crippen LogP contribution in [0, 0.1) is 0 Å². The van der Waals surface area contributed by atoms with Crippen LogP contribution in [0.1, 0.15) is 32.6 Å². The number of aromatic nitrogens is 4. The Bertz CT molecular complexity index is 943. The molecule has 150 valence electrons. The summed E-state index contributed by atoms with van der Waals surface area (Å²) in [6, 6.07) is 7.85. The first-order valence-corrected chi connectivity index (χ1v) is 9.79. The first-order valence-electron chi connectivity index (χ1n) is 9.41. The number of benzene rings is 1. The molecule has 7 nitrogen and oxygen atoms in total. The third-order valence-electron chi connectivity index (χ3n) is 5.03. The molecule has 1 fully saturated rings. The van der Waals surface area contributed by atoms with Crippen LogP contribution >= 0.6 is 24.0 Å². The minimum absolute atomic E-state index is 0. The minimum atomic E-state index is 0. The van der Waals surface area contributed by atoms with Crippen LogP contribution in [-0.2, 0) is 6.54 Å². The van der Waals surface area contributed by atoms with Gasteiger partial charge < -0.3 is 20.9 Å². The van der Waals surface area contributed by atoms with Gasteiger partial charge in [0, 0.05) is 29.3 Å². The topological polar surface area (TPSA) is 93.7 Å². The van der Waals surface area contributed by atoms with Gasteiger partial charge in [-0.05, 0) is 38.0 Å². The highest BCUT2D eigenvalue weighted by Crippen LogP contribution is 2.27. The van der Waals surface area contributed by atoms with E-state index in [4.69, 9.17) is 27.3 Å². The number of fused-ring (bicyclic) bond motifs is 1. The van der Waals surface area contributed by atoms with Gasteiger partial charge in [0.15, 0.2) is 17.0 Å². The largest absolute Gasteiger partial charge is 0.350 e. The van der Waals surface area contributed by atoms with E-state index in [1.807, 2.05) is 28.8 Å². The predicted molar refractivity (Wildman–Crippen MR) is 117 cm³/mol. The summed E-state index contributed by atoms with van der Waals surface area (Å²) in [4.78, 5) is 13.9. The molecule has 3 aromatic rings. The van der Waals surface area contributed by atoms with E-state index < -0.39 is 0 Å². The first kappa shape index (κ1) is 20.6. The Morgan fingerprint density at radius 2 is 2.07 bits per heavy atom. The van der Waals surface area contributed by atoms with Crippen LogP contribution in [0.2, 0.25) is 5.02 Å². The smallest absolute Gasteiger partial charge is 0.227 e. The summed E-state index contributed by atoms with van der Waals surface area (Å²) in [5.74, 6) is 1.23. The Morgan fingerprint density at radius 3 is 2.82 bits per heavy atom. The summed E-state index contributed by atoms with van der Waals surface area (Å²) < 4.78 is 2.01. The zero-order valence-electron chi connectivity index (χ0n) is 15.7.